The van der Waals surface area contributed by atoms with Crippen molar-refractivity contribution in [1.29, 1.82) is 0 Å². The van der Waals surface area contributed by atoms with Crippen LogP contribution in [0, 0.1) is 11.3 Å². The van der Waals surface area contributed by atoms with E-state index in [1.54, 1.807) is 0 Å². The Balaban J connectivity index is 2.10. The van der Waals surface area contributed by atoms with Crippen molar-refractivity contribution in [2.45, 2.75) is 31.8 Å². The van der Waals surface area contributed by atoms with Crippen LogP contribution in [0.5, 0.6) is 0 Å². The molecule has 2 atom stereocenters. The molecule has 0 aromatic rings. The van der Waals surface area contributed by atoms with E-state index in [0.717, 1.165) is 43.0 Å². The molecular weight excluding hydrogens is 384 g/mol. The molecule has 0 aliphatic carbocycles. The molecule has 2 saturated heterocycles. The van der Waals surface area contributed by atoms with Crippen LogP contribution in [0.25, 0.3) is 0 Å². The quantitative estimate of drug-likeness (QED) is 0.663. The van der Waals surface area contributed by atoms with E-state index < -0.39 is 9.84 Å². The maximum absolute atomic E-state index is 11.7. The Morgan fingerprint density at radius 1 is 1.22 bits per heavy atom. The van der Waals surface area contributed by atoms with Crippen LogP contribution in [-0.2, 0) is 14.6 Å². The minimum absolute atomic E-state index is 0.0125. The summed E-state index contributed by atoms with van der Waals surface area (Å²) in [5.41, 5.74) is 0.0125. The zero-order chi connectivity index (χ0) is 13.2. The van der Waals surface area contributed by atoms with Gasteiger partial charge < -0.3 is 4.74 Å². The van der Waals surface area contributed by atoms with Gasteiger partial charge in [0.05, 0.1) is 17.6 Å². The third-order valence-electron chi connectivity index (χ3n) is 4.29. The zero-order valence-electron chi connectivity index (χ0n) is 10.4. The molecule has 0 N–H and O–H groups in total. The van der Waals surface area contributed by atoms with E-state index >= 15 is 0 Å². The SMILES string of the molecule is O=S1(=O)CCC(C(CBr)(CBr)CC2CCCO2)C1. The van der Waals surface area contributed by atoms with Gasteiger partial charge in [-0.25, -0.2) is 8.42 Å². The highest BCUT2D eigenvalue weighted by molar-refractivity contribution is 9.09. The van der Waals surface area contributed by atoms with Gasteiger partial charge in [0.1, 0.15) is 0 Å². The van der Waals surface area contributed by atoms with Gasteiger partial charge in [0.2, 0.25) is 0 Å². The van der Waals surface area contributed by atoms with Gasteiger partial charge in [-0.05, 0) is 37.0 Å². The number of rotatable bonds is 5. The standard InChI is InChI=1S/C12H20Br2O3S/c13-8-12(9-14,6-11-2-1-4-17-11)10-3-5-18(15,16)7-10/h10-11H,1-9H2. The largest absolute Gasteiger partial charge is 0.378 e. The predicted octanol–water partition coefficient (Wildman–Crippen LogP) is 2.77. The molecular formula is C12H20Br2O3S. The fraction of sp³-hybridized carbons (Fsp3) is 1.00. The lowest BCUT2D eigenvalue weighted by molar-refractivity contribution is 0.0588. The third kappa shape index (κ3) is 3.30. The molecule has 6 heteroatoms. The normalized spacial score (nSPS) is 31.9. The van der Waals surface area contributed by atoms with Gasteiger partial charge in [-0.15, -0.1) is 0 Å². The van der Waals surface area contributed by atoms with Gasteiger partial charge >= 0.3 is 0 Å². The van der Waals surface area contributed by atoms with Crippen LogP contribution < -0.4 is 0 Å². The van der Waals surface area contributed by atoms with Crippen molar-refractivity contribution >= 4 is 41.7 Å². The topological polar surface area (TPSA) is 43.4 Å². The Labute approximate surface area is 126 Å². The average Bonchev–Trinajstić information content (AvgIpc) is 2.95. The van der Waals surface area contributed by atoms with E-state index in [1.165, 1.54) is 0 Å². The molecule has 106 valence electrons. The molecule has 0 bridgehead atoms. The van der Waals surface area contributed by atoms with Gasteiger partial charge in [-0.1, -0.05) is 31.9 Å². The van der Waals surface area contributed by atoms with E-state index in [2.05, 4.69) is 31.9 Å². The first kappa shape index (κ1) is 15.3. The van der Waals surface area contributed by atoms with Crippen LogP contribution in [0.4, 0.5) is 0 Å². The molecule has 0 spiro atoms. The van der Waals surface area contributed by atoms with Gasteiger partial charge in [-0.3, -0.25) is 0 Å². The average molecular weight is 404 g/mol. The van der Waals surface area contributed by atoms with Crippen molar-refractivity contribution in [3.05, 3.63) is 0 Å². The number of ether oxygens (including phenoxy) is 1. The van der Waals surface area contributed by atoms with Crippen LogP contribution in [0.15, 0.2) is 0 Å². The maximum Gasteiger partial charge on any atom is 0.150 e. The van der Waals surface area contributed by atoms with Gasteiger partial charge in [-0.2, -0.15) is 0 Å². The molecule has 0 amide bonds. The number of hydrogen-bond donors (Lipinski definition) is 0. The second kappa shape index (κ2) is 6.10. The smallest absolute Gasteiger partial charge is 0.150 e. The van der Waals surface area contributed by atoms with Crippen molar-refractivity contribution in [2.75, 3.05) is 28.8 Å². The number of halogens is 2. The van der Waals surface area contributed by atoms with E-state index in [4.69, 9.17) is 4.74 Å². The van der Waals surface area contributed by atoms with E-state index in [-0.39, 0.29) is 11.3 Å². The molecule has 18 heavy (non-hydrogen) atoms. The second-order valence-electron chi connectivity index (χ2n) is 5.57. The van der Waals surface area contributed by atoms with E-state index in [9.17, 15) is 8.42 Å². The summed E-state index contributed by atoms with van der Waals surface area (Å²) >= 11 is 7.22. The highest BCUT2D eigenvalue weighted by atomic mass is 79.9. The molecule has 0 saturated carbocycles. The van der Waals surface area contributed by atoms with Crippen LogP contribution in [0.2, 0.25) is 0 Å². The minimum Gasteiger partial charge on any atom is -0.378 e. The summed E-state index contributed by atoms with van der Waals surface area (Å²) in [5, 5.41) is 1.68. The van der Waals surface area contributed by atoms with Gasteiger partial charge in [0.15, 0.2) is 9.84 Å². The van der Waals surface area contributed by atoms with Crippen LogP contribution in [-0.4, -0.2) is 43.3 Å². The molecule has 0 aromatic carbocycles. The highest BCUT2D eigenvalue weighted by Crippen LogP contribution is 2.44. The predicted molar refractivity (Wildman–Crippen MR) is 80.4 cm³/mol. The van der Waals surface area contributed by atoms with E-state index in [1.807, 2.05) is 0 Å². The van der Waals surface area contributed by atoms with Crippen LogP contribution >= 0.6 is 31.9 Å². The molecule has 2 unspecified atom stereocenters. The van der Waals surface area contributed by atoms with Crippen molar-refractivity contribution in [3.8, 4) is 0 Å². The third-order valence-corrected chi connectivity index (χ3v) is 8.29. The van der Waals surface area contributed by atoms with Gasteiger partial charge in [0, 0.05) is 17.3 Å². The van der Waals surface area contributed by atoms with Gasteiger partial charge in [0.25, 0.3) is 0 Å². The minimum atomic E-state index is -2.81. The first-order chi connectivity index (χ1) is 8.51. The lowest BCUT2D eigenvalue weighted by Gasteiger charge is -2.37. The summed E-state index contributed by atoms with van der Waals surface area (Å²) in [6.45, 7) is 0.855. The first-order valence-electron chi connectivity index (χ1n) is 6.45. The fourth-order valence-corrected chi connectivity index (χ4v) is 7.31. The van der Waals surface area contributed by atoms with E-state index in [0.29, 0.717) is 17.6 Å². The Morgan fingerprint density at radius 2 is 1.94 bits per heavy atom. The molecule has 0 radical (unpaired) electrons. The highest BCUT2D eigenvalue weighted by Gasteiger charge is 2.45. The molecule has 2 heterocycles. The lowest BCUT2D eigenvalue weighted by Crippen LogP contribution is -2.38. The number of sulfone groups is 1. The summed E-state index contributed by atoms with van der Waals surface area (Å²) in [7, 11) is -2.81. The monoisotopic (exact) mass is 402 g/mol. The summed E-state index contributed by atoms with van der Waals surface area (Å²) in [4.78, 5) is 0. The summed E-state index contributed by atoms with van der Waals surface area (Å²) < 4.78 is 29.1. The summed E-state index contributed by atoms with van der Waals surface area (Å²) in [5.74, 6) is 0.951. The molecule has 2 aliphatic rings. The molecule has 2 aliphatic heterocycles. The lowest BCUT2D eigenvalue weighted by atomic mass is 9.74. The Hall–Kier alpha value is 0.870. The number of alkyl halides is 2. The van der Waals surface area contributed by atoms with Crippen molar-refractivity contribution in [1.82, 2.24) is 0 Å². The number of hydrogen-bond acceptors (Lipinski definition) is 3. The second-order valence-corrected chi connectivity index (χ2v) is 8.92. The molecule has 3 nitrogen and oxygen atoms in total. The fourth-order valence-electron chi connectivity index (χ4n) is 3.07. The van der Waals surface area contributed by atoms with Crippen LogP contribution in [0.1, 0.15) is 25.7 Å². The first-order valence-corrected chi connectivity index (χ1v) is 10.5. The molecule has 2 fully saturated rings. The Kier molecular flexibility index (Phi) is 5.17. The molecule has 2 rings (SSSR count). The Bertz CT molecular complexity index is 373. The van der Waals surface area contributed by atoms with Crippen molar-refractivity contribution < 1.29 is 13.2 Å². The molecule has 0 aromatic heterocycles. The van der Waals surface area contributed by atoms with Crippen molar-refractivity contribution in [2.24, 2.45) is 11.3 Å². The maximum atomic E-state index is 11.7. The van der Waals surface area contributed by atoms with Crippen LogP contribution in [0.3, 0.4) is 0 Å². The van der Waals surface area contributed by atoms with Crippen molar-refractivity contribution in [3.63, 3.8) is 0 Å². The Morgan fingerprint density at radius 3 is 2.39 bits per heavy atom. The summed E-state index contributed by atoms with van der Waals surface area (Å²) in [6, 6.07) is 0. The zero-order valence-corrected chi connectivity index (χ0v) is 14.4. The summed E-state index contributed by atoms with van der Waals surface area (Å²) in [6.07, 6.45) is 4.31.